The quantitative estimate of drug-likeness (QED) is 0.706. The second-order valence-corrected chi connectivity index (χ2v) is 8.86. The van der Waals surface area contributed by atoms with Crippen LogP contribution in [0.2, 0.25) is 0 Å². The van der Waals surface area contributed by atoms with Gasteiger partial charge in [0.15, 0.2) is 5.82 Å². The predicted octanol–water partition coefficient (Wildman–Crippen LogP) is 2.47. The first kappa shape index (κ1) is 19.5. The molecule has 4 heterocycles. The normalized spacial score (nSPS) is 18.9. The van der Waals surface area contributed by atoms with Gasteiger partial charge >= 0.3 is 0 Å². The van der Waals surface area contributed by atoms with Crippen LogP contribution in [0, 0.1) is 12.8 Å². The molecule has 8 heteroatoms. The fourth-order valence-electron chi connectivity index (χ4n) is 3.79. The topological polar surface area (TPSA) is 71.7 Å². The Morgan fingerprint density at radius 1 is 1.36 bits per heavy atom. The van der Waals surface area contributed by atoms with Crippen molar-refractivity contribution in [1.82, 2.24) is 19.9 Å². The van der Waals surface area contributed by atoms with Crippen molar-refractivity contribution in [3.05, 3.63) is 33.6 Å². The third kappa shape index (κ3) is 4.45. The van der Waals surface area contributed by atoms with Crippen molar-refractivity contribution in [3.63, 3.8) is 0 Å². The first-order valence-corrected chi connectivity index (χ1v) is 10.9. The van der Waals surface area contributed by atoms with Gasteiger partial charge in [-0.15, -0.1) is 11.3 Å². The molecular formula is C20H28N4O3S. The molecule has 2 saturated heterocycles. The van der Waals surface area contributed by atoms with Crippen LogP contribution < -0.4 is 0 Å². The first-order valence-electron chi connectivity index (χ1n) is 10.0. The summed E-state index contributed by atoms with van der Waals surface area (Å²) < 4.78 is 10.8. The number of likely N-dealkylation sites (N-methyl/N-ethyl adjacent to an activating group) is 1. The van der Waals surface area contributed by atoms with Crippen molar-refractivity contribution in [3.8, 4) is 0 Å². The smallest absolute Gasteiger partial charge is 0.232 e. The molecule has 0 N–H and O–H groups in total. The molecule has 0 atom stereocenters. The highest BCUT2D eigenvalue weighted by molar-refractivity contribution is 7.10. The van der Waals surface area contributed by atoms with Crippen LogP contribution in [0.1, 0.15) is 40.9 Å². The van der Waals surface area contributed by atoms with Crippen LogP contribution in [0.15, 0.2) is 16.0 Å². The van der Waals surface area contributed by atoms with Crippen LogP contribution in [-0.4, -0.2) is 65.7 Å². The molecule has 0 aliphatic carbocycles. The predicted molar refractivity (Wildman–Crippen MR) is 106 cm³/mol. The molecule has 4 rings (SSSR count). The lowest BCUT2D eigenvalue weighted by atomic mass is 9.99. The zero-order chi connectivity index (χ0) is 19.5. The monoisotopic (exact) mass is 404 g/mol. The van der Waals surface area contributed by atoms with Crippen LogP contribution in [0.5, 0.6) is 0 Å². The third-order valence-electron chi connectivity index (χ3n) is 5.74. The minimum absolute atomic E-state index is 0.0903. The molecule has 2 aromatic heterocycles. The van der Waals surface area contributed by atoms with Crippen LogP contribution >= 0.6 is 11.3 Å². The molecule has 0 aromatic carbocycles. The number of nitrogens with zero attached hydrogens (tertiary/aromatic N) is 4. The summed E-state index contributed by atoms with van der Waals surface area (Å²) in [6.45, 7) is 7.06. The Kier molecular flexibility index (Phi) is 6.08. The lowest BCUT2D eigenvalue weighted by molar-refractivity contribution is -0.137. The zero-order valence-corrected chi connectivity index (χ0v) is 17.4. The van der Waals surface area contributed by atoms with E-state index in [-0.39, 0.29) is 11.8 Å². The van der Waals surface area contributed by atoms with E-state index in [1.807, 2.05) is 18.4 Å². The van der Waals surface area contributed by atoms with E-state index < -0.39 is 0 Å². The maximum atomic E-state index is 12.5. The van der Waals surface area contributed by atoms with Crippen LogP contribution in [0.3, 0.4) is 0 Å². The zero-order valence-electron chi connectivity index (χ0n) is 16.6. The maximum absolute atomic E-state index is 12.5. The molecule has 2 aromatic rings. The van der Waals surface area contributed by atoms with E-state index in [1.54, 1.807) is 4.90 Å². The fraction of sp³-hybridized carbons (Fsp3) is 0.650. The van der Waals surface area contributed by atoms with Gasteiger partial charge in [-0.1, -0.05) is 5.16 Å². The van der Waals surface area contributed by atoms with E-state index in [2.05, 4.69) is 33.4 Å². The Bertz CT molecular complexity index is 793. The highest BCUT2D eigenvalue weighted by Crippen LogP contribution is 2.29. The number of hydrogen-bond acceptors (Lipinski definition) is 7. The Hall–Kier alpha value is -1.77. The van der Waals surface area contributed by atoms with Crippen molar-refractivity contribution in [2.24, 2.45) is 5.92 Å². The molecule has 2 aliphatic heterocycles. The second kappa shape index (κ2) is 8.71. The molecule has 0 saturated carbocycles. The van der Waals surface area contributed by atoms with Gasteiger partial charge in [-0.05, 0) is 36.8 Å². The van der Waals surface area contributed by atoms with Gasteiger partial charge in [0.25, 0.3) is 0 Å². The highest BCUT2D eigenvalue weighted by atomic mass is 32.1. The summed E-state index contributed by atoms with van der Waals surface area (Å²) in [7, 11) is 1.86. The minimum atomic E-state index is 0.0903. The maximum Gasteiger partial charge on any atom is 0.232 e. The number of thiophene rings is 1. The summed E-state index contributed by atoms with van der Waals surface area (Å²) in [6.07, 6.45) is 2.26. The molecule has 152 valence electrons. The molecule has 0 unspecified atom stereocenters. The highest BCUT2D eigenvalue weighted by Gasteiger charge is 2.33. The number of aromatic nitrogens is 2. The lowest BCUT2D eigenvalue weighted by Crippen LogP contribution is -2.44. The van der Waals surface area contributed by atoms with Gasteiger partial charge in [0, 0.05) is 63.7 Å². The fourth-order valence-corrected chi connectivity index (χ4v) is 4.74. The third-order valence-corrected chi connectivity index (χ3v) is 6.75. The van der Waals surface area contributed by atoms with Crippen molar-refractivity contribution < 1.29 is 14.1 Å². The van der Waals surface area contributed by atoms with E-state index in [4.69, 9.17) is 9.26 Å². The molecule has 2 aliphatic rings. The Labute approximate surface area is 169 Å². The Balaban J connectivity index is 1.21. The molecule has 0 radical (unpaired) electrons. The number of carbonyl (C=O) groups excluding carboxylic acids is 1. The number of aryl methyl sites for hydroxylation is 1. The number of hydrogen-bond donors (Lipinski definition) is 0. The summed E-state index contributed by atoms with van der Waals surface area (Å²) in [4.78, 5) is 22.7. The van der Waals surface area contributed by atoms with E-state index in [1.165, 1.54) is 10.4 Å². The number of ether oxygens (including phenoxy) is 1. The van der Waals surface area contributed by atoms with Crippen molar-refractivity contribution in [2.75, 3.05) is 39.9 Å². The van der Waals surface area contributed by atoms with Gasteiger partial charge in [-0.25, -0.2) is 0 Å². The average molecular weight is 405 g/mol. The first-order chi connectivity index (χ1) is 13.6. The number of likely N-dealkylation sites (tertiary alicyclic amines) is 1. The summed E-state index contributed by atoms with van der Waals surface area (Å²) >= 11 is 1.82. The van der Waals surface area contributed by atoms with E-state index >= 15 is 0 Å². The molecule has 2 fully saturated rings. The van der Waals surface area contributed by atoms with Gasteiger partial charge < -0.3 is 14.2 Å². The number of carbonyl (C=O) groups is 1. The summed E-state index contributed by atoms with van der Waals surface area (Å²) in [5, 5.41) is 6.27. The van der Waals surface area contributed by atoms with E-state index in [0.717, 1.165) is 38.4 Å². The van der Waals surface area contributed by atoms with E-state index in [9.17, 15) is 4.79 Å². The Morgan fingerprint density at radius 3 is 2.86 bits per heavy atom. The van der Waals surface area contributed by atoms with Gasteiger partial charge in [0.2, 0.25) is 11.8 Å². The average Bonchev–Trinajstić information content (AvgIpc) is 3.31. The lowest BCUT2D eigenvalue weighted by Gasteiger charge is -2.36. The summed E-state index contributed by atoms with van der Waals surface area (Å²) in [5.41, 5.74) is 1.37. The number of rotatable bonds is 7. The Morgan fingerprint density at radius 2 is 2.14 bits per heavy atom. The number of amides is 1. The van der Waals surface area contributed by atoms with Gasteiger partial charge in [0.1, 0.15) is 0 Å². The molecular weight excluding hydrogens is 376 g/mol. The minimum Gasteiger partial charge on any atom is -0.381 e. The molecule has 1 amide bonds. The summed E-state index contributed by atoms with van der Waals surface area (Å²) in [5.74, 6) is 2.03. The SMILES string of the molecule is Cc1ccsc1CN1CC(c2nc(CCN(C)C(=O)C3CCOCC3)no2)C1. The van der Waals surface area contributed by atoms with Gasteiger partial charge in [-0.3, -0.25) is 9.69 Å². The van der Waals surface area contributed by atoms with Crippen molar-refractivity contribution in [1.29, 1.82) is 0 Å². The van der Waals surface area contributed by atoms with Crippen molar-refractivity contribution in [2.45, 2.75) is 38.6 Å². The molecule has 0 bridgehead atoms. The van der Waals surface area contributed by atoms with Crippen LogP contribution in [0.25, 0.3) is 0 Å². The molecule has 28 heavy (non-hydrogen) atoms. The second-order valence-electron chi connectivity index (χ2n) is 7.86. The van der Waals surface area contributed by atoms with Gasteiger partial charge in [0.05, 0.1) is 5.92 Å². The van der Waals surface area contributed by atoms with Crippen LogP contribution in [-0.2, 0) is 22.5 Å². The van der Waals surface area contributed by atoms with Gasteiger partial charge in [-0.2, -0.15) is 4.98 Å². The summed E-state index contributed by atoms with van der Waals surface area (Å²) in [6, 6.07) is 2.17. The van der Waals surface area contributed by atoms with Crippen LogP contribution in [0.4, 0.5) is 0 Å². The van der Waals surface area contributed by atoms with Crippen molar-refractivity contribution >= 4 is 17.2 Å². The molecule has 0 spiro atoms. The largest absolute Gasteiger partial charge is 0.381 e. The molecule has 7 nitrogen and oxygen atoms in total. The van der Waals surface area contributed by atoms with E-state index in [0.29, 0.717) is 37.9 Å². The standard InChI is InChI=1S/C20H28N4O3S/c1-14-6-10-28-17(14)13-24-11-16(12-24)19-21-18(22-27-19)3-7-23(2)20(25)15-4-8-26-9-5-15/h6,10,15-16H,3-5,7-9,11-13H2,1-2H3.